The van der Waals surface area contributed by atoms with E-state index in [0.29, 0.717) is 42.6 Å². The Balaban J connectivity index is 0.000000256. The van der Waals surface area contributed by atoms with Gasteiger partial charge in [0.25, 0.3) is 0 Å². The first-order chi connectivity index (χ1) is 27.6. The van der Waals surface area contributed by atoms with Crippen molar-refractivity contribution in [3.63, 3.8) is 0 Å². The topological polar surface area (TPSA) is 134 Å². The summed E-state index contributed by atoms with van der Waals surface area (Å²) in [6.07, 6.45) is 6.42. The molecule has 4 amide bonds. The predicted molar refractivity (Wildman–Crippen MR) is 238 cm³/mol. The van der Waals surface area contributed by atoms with Crippen LogP contribution in [0.15, 0.2) is 99.2 Å². The summed E-state index contributed by atoms with van der Waals surface area (Å²) in [7, 11) is -7.96. The number of hydrogen-bond donors (Lipinski definition) is 0. The maximum Gasteiger partial charge on any atom is 0.339 e. The Morgan fingerprint density at radius 1 is 0.593 bits per heavy atom. The largest absolute Gasteiger partial charge is 0.379 e. The number of anilines is 2. The standard InChI is InChI=1S/C21H25BrN2O4S.C21H25ClN2O4S.CH4/c2*1-3-4-5-10-23-11-12-24(21(23)25)18-6-8-20(9-7-18)29(26,27)28-19-14-16(2)13-17(22)15-19;/h2*6-9,13-15H,3-5,10-12H2,1-2H3;1H4. The van der Waals surface area contributed by atoms with Crippen molar-refractivity contribution in [2.75, 3.05) is 49.1 Å². The number of urea groups is 2. The molecule has 59 heavy (non-hydrogen) atoms. The van der Waals surface area contributed by atoms with Crippen molar-refractivity contribution in [1.29, 1.82) is 0 Å². The third-order valence-electron chi connectivity index (χ3n) is 9.57. The number of carbonyl (C=O) groups is 2. The minimum absolute atomic E-state index is 0. The van der Waals surface area contributed by atoms with Crippen molar-refractivity contribution in [2.24, 2.45) is 0 Å². The molecule has 0 N–H and O–H groups in total. The number of hydrogen-bond acceptors (Lipinski definition) is 8. The molecule has 6 rings (SSSR count). The van der Waals surface area contributed by atoms with Gasteiger partial charge in [0.1, 0.15) is 21.3 Å². The van der Waals surface area contributed by atoms with Gasteiger partial charge in [-0.15, -0.1) is 0 Å². The van der Waals surface area contributed by atoms with Gasteiger partial charge in [-0.3, -0.25) is 9.80 Å². The Hall–Kier alpha value is -4.31. The van der Waals surface area contributed by atoms with Gasteiger partial charge in [-0.25, -0.2) is 9.59 Å². The first-order valence-electron chi connectivity index (χ1n) is 19.4. The summed E-state index contributed by atoms with van der Waals surface area (Å²) in [5.41, 5.74) is 3.04. The van der Waals surface area contributed by atoms with E-state index < -0.39 is 20.2 Å². The maximum absolute atomic E-state index is 12.6. The van der Waals surface area contributed by atoms with Gasteiger partial charge in [0.15, 0.2) is 0 Å². The number of benzene rings is 4. The number of aryl methyl sites for hydroxylation is 2. The van der Waals surface area contributed by atoms with E-state index in [-0.39, 0.29) is 40.8 Å². The lowest BCUT2D eigenvalue weighted by atomic mass is 10.2. The van der Waals surface area contributed by atoms with Gasteiger partial charge in [-0.05, 0) is 117 Å². The summed E-state index contributed by atoms with van der Waals surface area (Å²) >= 11 is 9.31. The van der Waals surface area contributed by atoms with Crippen LogP contribution in [0.25, 0.3) is 0 Å². The Kier molecular flexibility index (Phi) is 17.1. The molecule has 2 aliphatic heterocycles. The van der Waals surface area contributed by atoms with E-state index in [9.17, 15) is 26.4 Å². The zero-order valence-electron chi connectivity index (χ0n) is 33.2. The lowest BCUT2D eigenvalue weighted by Gasteiger charge is -2.19. The molecule has 16 heteroatoms. The van der Waals surface area contributed by atoms with Gasteiger partial charge in [-0.2, -0.15) is 16.8 Å². The highest BCUT2D eigenvalue weighted by molar-refractivity contribution is 9.10. The highest BCUT2D eigenvalue weighted by atomic mass is 79.9. The Morgan fingerprint density at radius 2 is 1.00 bits per heavy atom. The molecule has 4 aromatic rings. The summed E-state index contributed by atoms with van der Waals surface area (Å²) in [4.78, 5) is 32.3. The quantitative estimate of drug-likeness (QED) is 0.0801. The third-order valence-corrected chi connectivity index (χ3v) is 12.8. The fourth-order valence-corrected chi connectivity index (χ4v) is 9.30. The van der Waals surface area contributed by atoms with Crippen molar-refractivity contribution >= 4 is 71.2 Å². The number of nitrogens with zero attached hydrogens (tertiary/aromatic N) is 4. The second-order valence-corrected chi connectivity index (χ2v) is 18.7. The first kappa shape index (κ1) is 47.4. The Bertz CT molecular complexity index is 2080. The molecular weight excluding hydrogens is 880 g/mol. The van der Waals surface area contributed by atoms with Gasteiger partial charge < -0.3 is 18.2 Å². The van der Waals surface area contributed by atoms with Crippen molar-refractivity contribution in [1.82, 2.24) is 9.80 Å². The Labute approximate surface area is 363 Å². The third kappa shape index (κ3) is 12.8. The van der Waals surface area contributed by atoms with E-state index in [1.165, 1.54) is 30.3 Å². The summed E-state index contributed by atoms with van der Waals surface area (Å²) < 4.78 is 61.5. The van der Waals surface area contributed by atoms with Gasteiger partial charge in [0.05, 0.1) is 0 Å². The molecule has 0 bridgehead atoms. The van der Waals surface area contributed by atoms with Crippen LogP contribution in [-0.2, 0) is 20.2 Å². The molecule has 2 fully saturated rings. The fourth-order valence-electron chi connectivity index (χ4n) is 6.60. The molecule has 2 aliphatic rings. The highest BCUT2D eigenvalue weighted by Crippen LogP contribution is 2.29. The van der Waals surface area contributed by atoms with Crippen molar-refractivity contribution in [3.8, 4) is 11.5 Å². The minimum Gasteiger partial charge on any atom is -0.379 e. The van der Waals surface area contributed by atoms with Crippen LogP contribution in [0.5, 0.6) is 11.5 Å². The van der Waals surface area contributed by atoms with Gasteiger partial charge >= 0.3 is 32.3 Å². The molecule has 320 valence electrons. The number of amides is 4. The molecule has 2 saturated heterocycles. The van der Waals surface area contributed by atoms with Crippen molar-refractivity contribution in [3.05, 3.63) is 106 Å². The summed E-state index contributed by atoms with van der Waals surface area (Å²) in [5, 5.41) is 0.404. The molecule has 0 aliphatic carbocycles. The average molecular weight is 934 g/mol. The second-order valence-electron chi connectivity index (χ2n) is 14.2. The van der Waals surface area contributed by atoms with Crippen LogP contribution in [0.2, 0.25) is 5.02 Å². The number of carbonyl (C=O) groups excluding carboxylic acids is 2. The first-order valence-corrected chi connectivity index (χ1v) is 23.4. The monoisotopic (exact) mass is 932 g/mol. The van der Waals surface area contributed by atoms with Gasteiger partial charge in [0.2, 0.25) is 0 Å². The number of unbranched alkanes of at least 4 members (excludes halogenated alkanes) is 4. The smallest absolute Gasteiger partial charge is 0.339 e. The number of halogens is 2. The number of rotatable bonds is 16. The molecule has 0 aromatic heterocycles. The molecule has 0 radical (unpaired) electrons. The van der Waals surface area contributed by atoms with Crippen molar-refractivity contribution < 1.29 is 34.8 Å². The van der Waals surface area contributed by atoms with E-state index in [1.54, 1.807) is 65.3 Å². The van der Waals surface area contributed by atoms with E-state index >= 15 is 0 Å². The zero-order chi connectivity index (χ0) is 42.0. The van der Waals surface area contributed by atoms with Crippen LogP contribution in [0.3, 0.4) is 0 Å². The molecule has 2 heterocycles. The molecule has 0 unspecified atom stereocenters. The van der Waals surface area contributed by atoms with Crippen LogP contribution in [0, 0.1) is 13.8 Å². The normalized spacial score (nSPS) is 14.3. The van der Waals surface area contributed by atoms with Crippen LogP contribution >= 0.6 is 27.5 Å². The van der Waals surface area contributed by atoms with Crippen molar-refractivity contribution in [2.45, 2.75) is 83.4 Å². The zero-order valence-corrected chi connectivity index (χ0v) is 37.2. The van der Waals surface area contributed by atoms with E-state index in [1.807, 2.05) is 22.8 Å². The molecule has 0 spiro atoms. The lowest BCUT2D eigenvalue weighted by Crippen LogP contribution is -2.32. The Morgan fingerprint density at radius 3 is 1.39 bits per heavy atom. The molecule has 12 nitrogen and oxygen atoms in total. The molecular formula is C43H54BrClN4O8S2. The van der Waals surface area contributed by atoms with Crippen LogP contribution in [0.4, 0.5) is 21.0 Å². The molecule has 0 saturated carbocycles. The fraction of sp³-hybridized carbons (Fsp3) is 0.395. The summed E-state index contributed by atoms with van der Waals surface area (Å²) in [5.74, 6) is 0.412. The van der Waals surface area contributed by atoms with Gasteiger partial charge in [0, 0.05) is 66.2 Å². The highest BCUT2D eigenvalue weighted by Gasteiger charge is 2.31. The maximum atomic E-state index is 12.6. The second kappa shape index (κ2) is 21.3. The van der Waals surface area contributed by atoms with Crippen LogP contribution in [0.1, 0.15) is 70.9 Å². The molecule has 0 atom stereocenters. The van der Waals surface area contributed by atoms with E-state index in [0.717, 1.165) is 67.2 Å². The summed E-state index contributed by atoms with van der Waals surface area (Å²) in [6, 6.07) is 22.3. The average Bonchev–Trinajstić information content (AvgIpc) is 3.72. The van der Waals surface area contributed by atoms with Gasteiger partial charge in [-0.1, -0.05) is 74.5 Å². The summed E-state index contributed by atoms with van der Waals surface area (Å²) in [6.45, 7) is 12.0. The SMILES string of the molecule is C.CCCCCN1CCN(c2ccc(S(=O)(=O)Oc3cc(C)cc(Br)c3)cc2)C1=O.CCCCCN1CCN(c2ccc(S(=O)(=O)Oc3cc(C)cc(Cl)c3)cc2)C1=O. The van der Waals surface area contributed by atoms with Crippen LogP contribution in [-0.4, -0.2) is 78.0 Å². The lowest BCUT2D eigenvalue weighted by molar-refractivity contribution is 0.219. The minimum atomic E-state index is -4.00. The molecule has 4 aromatic carbocycles. The van der Waals surface area contributed by atoms with E-state index in [2.05, 4.69) is 29.8 Å². The van der Waals surface area contributed by atoms with E-state index in [4.69, 9.17) is 20.0 Å². The van der Waals surface area contributed by atoms with Crippen LogP contribution < -0.4 is 18.2 Å². The predicted octanol–water partition coefficient (Wildman–Crippen LogP) is 10.4.